The molecule has 0 aliphatic heterocycles. The molecule has 11 radical (unpaired) electrons. The zero-order valence-electron chi connectivity index (χ0n) is 9.53. The van der Waals surface area contributed by atoms with Crippen molar-refractivity contribution in [1.82, 2.24) is 0 Å². The molecule has 0 spiro atoms. The smallest absolute Gasteiger partial charge is 0.279 e. The molecule has 101 valence electrons. The molecule has 0 aromatic heterocycles. The van der Waals surface area contributed by atoms with Gasteiger partial charge in [-0.15, -0.1) is 0 Å². The maximum Gasteiger partial charge on any atom is 4.00 e. The third-order valence-corrected chi connectivity index (χ3v) is 1.99. The molecule has 1 N–H and O–H groups in total. The van der Waals surface area contributed by atoms with Crippen LogP contribution in [0.3, 0.4) is 0 Å². The number of halogens is 3. The molecule has 8 heteroatoms. The summed E-state index contributed by atoms with van der Waals surface area (Å²) in [7, 11) is -5.84. The third-order valence-electron chi connectivity index (χ3n) is 1.40. The van der Waals surface area contributed by atoms with Crippen LogP contribution in [-0.4, -0.2) is 18.5 Å². The normalized spacial score (nSPS) is 18.5. The maximum atomic E-state index is 10.7. The van der Waals surface area contributed by atoms with Crippen LogP contribution in [0.2, 0.25) is 0 Å². The minimum atomic E-state index is -5.84. The molecule has 0 heterocycles. The Morgan fingerprint density at radius 3 is 0.842 bits per heavy atom. The van der Waals surface area contributed by atoms with Crippen molar-refractivity contribution in [3.8, 4) is 0 Å². The van der Waals surface area contributed by atoms with Gasteiger partial charge in [-0.1, -0.05) is 0 Å². The zero-order valence-corrected chi connectivity index (χ0v) is 11.7. The van der Waals surface area contributed by atoms with Gasteiger partial charge < -0.3 is 0 Å². The van der Waals surface area contributed by atoms with Crippen molar-refractivity contribution in [3.63, 3.8) is 0 Å². The van der Waals surface area contributed by atoms with E-state index in [2.05, 4.69) is 0 Å². The van der Waals surface area contributed by atoms with Crippen LogP contribution < -0.4 is 0 Å². The average Bonchev–Trinajstić information content (AvgIpc) is 2.95. The second kappa shape index (κ2) is 11.0. The molecule has 0 bridgehead atoms. The molecule has 2 aliphatic carbocycles. The molecule has 0 saturated heterocycles. The molecule has 2 saturated carbocycles. The number of hydrogen-bond donors (Lipinski definition) is 1. The van der Waals surface area contributed by atoms with Crippen molar-refractivity contribution in [2.75, 3.05) is 0 Å². The fourth-order valence-corrected chi connectivity index (χ4v) is 0.642. The summed E-state index contributed by atoms with van der Waals surface area (Å²) in [5, 5.41) is 0. The maximum absolute atomic E-state index is 10.7. The van der Waals surface area contributed by atoms with E-state index in [0.29, 0.717) is 0 Å². The number of rotatable bonds is 0. The van der Waals surface area contributed by atoms with Crippen molar-refractivity contribution in [3.05, 3.63) is 64.2 Å². The molecule has 0 aromatic rings. The van der Waals surface area contributed by atoms with Gasteiger partial charge >= 0.3 is 34.2 Å². The van der Waals surface area contributed by atoms with Crippen molar-refractivity contribution < 1.29 is 44.7 Å². The van der Waals surface area contributed by atoms with Crippen LogP contribution in [0.5, 0.6) is 0 Å². The molecule has 0 unspecified atom stereocenters. The Kier molecular flexibility index (Phi) is 12.5. The van der Waals surface area contributed by atoms with Crippen molar-refractivity contribution in [2.45, 2.75) is 5.51 Å². The second-order valence-electron chi connectivity index (χ2n) is 2.85. The summed E-state index contributed by atoms with van der Waals surface area (Å²) in [6.07, 6.45) is 20.0. The minimum absolute atomic E-state index is 0. The standard InChI is InChI=1S/2C5H5.CHF3O3S.V/c2*1-2-4-5-3-1;2-1(3,4)8(5,6)7;/h2*1-5H;(H,5,6,7);/q;;;+4. The third kappa shape index (κ3) is 13.0. The molecule has 0 aromatic carbocycles. The van der Waals surface area contributed by atoms with Gasteiger partial charge in [-0.25, -0.2) is 0 Å². The SMILES string of the molecule is O=S(=O)(O)C(F)(F)F.[CH]1[CH][CH][CH][CH]1.[CH]1[CH][CH][CH][CH]1.[V+4]. The fourth-order valence-electron chi connectivity index (χ4n) is 0.642. The number of hydrogen-bond acceptors (Lipinski definition) is 2. The van der Waals surface area contributed by atoms with Crippen LogP contribution in [0, 0.1) is 64.2 Å². The first-order valence-electron chi connectivity index (χ1n) is 4.62. The fraction of sp³-hybridized carbons (Fsp3) is 0.0909. The van der Waals surface area contributed by atoms with Gasteiger partial charge in [-0.2, -0.15) is 21.6 Å². The summed E-state index contributed by atoms with van der Waals surface area (Å²) in [5.41, 5.74) is -5.53. The molecule has 2 rings (SSSR count). The van der Waals surface area contributed by atoms with Crippen LogP contribution in [-0.2, 0) is 28.7 Å². The second-order valence-corrected chi connectivity index (χ2v) is 4.26. The predicted molar refractivity (Wildman–Crippen MR) is 60.6 cm³/mol. The first-order valence-corrected chi connectivity index (χ1v) is 6.06. The van der Waals surface area contributed by atoms with E-state index in [1.54, 1.807) is 0 Å². The molecule has 2 aliphatic rings. The van der Waals surface area contributed by atoms with Gasteiger partial charge in [0.2, 0.25) is 0 Å². The Bertz CT molecular complexity index is 272. The van der Waals surface area contributed by atoms with Crippen LogP contribution >= 0.6 is 0 Å². The Hall–Kier alpha value is 0.284. The van der Waals surface area contributed by atoms with Gasteiger partial charge in [0.05, 0.1) is 0 Å². The topological polar surface area (TPSA) is 54.4 Å². The zero-order chi connectivity index (χ0) is 14.1. The van der Waals surface area contributed by atoms with E-state index in [-0.39, 0.29) is 18.6 Å². The molecule has 0 atom stereocenters. The molecular formula is C11H11F3O3SV+4. The van der Waals surface area contributed by atoms with Crippen LogP contribution in [0.1, 0.15) is 0 Å². The Balaban J connectivity index is 0. The Morgan fingerprint density at radius 1 is 0.684 bits per heavy atom. The quantitative estimate of drug-likeness (QED) is 0.548. The van der Waals surface area contributed by atoms with Crippen molar-refractivity contribution in [1.29, 1.82) is 0 Å². The summed E-state index contributed by atoms with van der Waals surface area (Å²) < 4.78 is 57.5. The summed E-state index contributed by atoms with van der Waals surface area (Å²) in [5.74, 6) is 0. The molecule has 19 heavy (non-hydrogen) atoms. The van der Waals surface area contributed by atoms with E-state index in [9.17, 15) is 13.2 Å². The summed E-state index contributed by atoms with van der Waals surface area (Å²) >= 11 is 0. The van der Waals surface area contributed by atoms with Gasteiger partial charge in [0.25, 0.3) is 0 Å². The monoisotopic (exact) mass is 331 g/mol. The Morgan fingerprint density at radius 2 is 0.789 bits per heavy atom. The van der Waals surface area contributed by atoms with Gasteiger partial charge in [-0.3, -0.25) is 4.55 Å². The van der Waals surface area contributed by atoms with Crippen LogP contribution in [0.4, 0.5) is 13.2 Å². The van der Waals surface area contributed by atoms with Crippen molar-refractivity contribution >= 4 is 10.1 Å². The van der Waals surface area contributed by atoms with E-state index in [0.717, 1.165) is 0 Å². The van der Waals surface area contributed by atoms with Crippen molar-refractivity contribution in [2.24, 2.45) is 0 Å². The van der Waals surface area contributed by atoms with Gasteiger partial charge in [0, 0.05) is 0 Å². The molecular weight excluding hydrogens is 320 g/mol. The molecule has 2 fully saturated rings. The van der Waals surface area contributed by atoms with Crippen LogP contribution in [0.15, 0.2) is 0 Å². The van der Waals surface area contributed by atoms with Gasteiger partial charge in [-0.05, 0) is 64.2 Å². The first kappa shape index (κ1) is 21.6. The van der Waals surface area contributed by atoms with E-state index in [4.69, 9.17) is 13.0 Å². The van der Waals surface area contributed by atoms with Gasteiger partial charge in [0.15, 0.2) is 0 Å². The van der Waals surface area contributed by atoms with E-state index in [1.807, 2.05) is 64.2 Å². The predicted octanol–water partition coefficient (Wildman–Crippen LogP) is 2.43. The van der Waals surface area contributed by atoms with Crippen LogP contribution in [0.25, 0.3) is 0 Å². The van der Waals surface area contributed by atoms with E-state index >= 15 is 0 Å². The average molecular weight is 331 g/mol. The largest absolute Gasteiger partial charge is 4.00 e. The summed E-state index contributed by atoms with van der Waals surface area (Å²) in [4.78, 5) is 0. The first-order chi connectivity index (χ1) is 8.25. The Labute approximate surface area is 125 Å². The number of alkyl halides is 3. The molecule has 0 amide bonds. The minimum Gasteiger partial charge on any atom is -0.279 e. The van der Waals surface area contributed by atoms with E-state index in [1.165, 1.54) is 0 Å². The van der Waals surface area contributed by atoms with E-state index < -0.39 is 15.6 Å². The summed E-state index contributed by atoms with van der Waals surface area (Å²) in [6.45, 7) is 0. The molecule has 3 nitrogen and oxygen atoms in total. The van der Waals surface area contributed by atoms with Gasteiger partial charge in [0.1, 0.15) is 0 Å². The summed E-state index contributed by atoms with van der Waals surface area (Å²) in [6, 6.07) is 0.